The normalized spacial score (nSPS) is 16.3. The maximum Gasteiger partial charge on any atom is 0.192 e. The second-order valence-electron chi connectivity index (χ2n) is 21.8. The standard InChI is InChI=1S/C45H90O7Si4/c1-43(2,3)54(13,14)50-33-24-20-23-28-40(49-37-48-34-35-53(10,11)12)39(46)30-31-42(52-56(17,18)45(7,8)9)41(51-55(15,16)44(4,5)6)29-25-32-47-36-38-26-21-19-22-27-38/h19,21-23,26-28,39-42,46H,20,24-25,29-37H2,1-18H3/b28-23+/t39-,40+,41+,42+/m1/s1. The summed E-state index contributed by atoms with van der Waals surface area (Å²) in [6.45, 7) is 44.4. The van der Waals surface area contributed by atoms with Gasteiger partial charge in [-0.3, -0.25) is 0 Å². The van der Waals surface area contributed by atoms with E-state index in [4.69, 9.17) is 27.5 Å². The average Bonchev–Trinajstić information content (AvgIpc) is 3.04. The number of hydrogen-bond acceptors (Lipinski definition) is 7. The van der Waals surface area contributed by atoms with Gasteiger partial charge in [-0.15, -0.1) is 0 Å². The first-order chi connectivity index (χ1) is 25.5. The molecule has 1 N–H and O–H groups in total. The van der Waals surface area contributed by atoms with Crippen LogP contribution in [0.3, 0.4) is 0 Å². The molecule has 7 nitrogen and oxygen atoms in total. The summed E-state index contributed by atoms with van der Waals surface area (Å²) in [6, 6.07) is 11.4. The van der Waals surface area contributed by atoms with Gasteiger partial charge in [0.2, 0.25) is 0 Å². The third-order valence-corrected chi connectivity index (χ3v) is 27.6. The van der Waals surface area contributed by atoms with E-state index in [2.05, 4.69) is 152 Å². The SMILES string of the molecule is CC(C)(C)[Si](C)(C)OCCC/C=C/[C@H](OCOCC[Si](C)(C)C)[C@H](O)CC[C@H](O[Si](C)(C)C(C)(C)C)[C@H](CCCOCc1ccccc1)O[Si](C)(C)C(C)(C)C. The minimum atomic E-state index is -2.20. The van der Waals surface area contributed by atoms with Gasteiger partial charge in [0.15, 0.2) is 25.0 Å². The Kier molecular flexibility index (Phi) is 22.5. The Bertz CT molecular complexity index is 1230. The topological polar surface area (TPSA) is 75.6 Å². The minimum Gasteiger partial charge on any atom is -0.417 e. The maximum absolute atomic E-state index is 11.9. The summed E-state index contributed by atoms with van der Waals surface area (Å²) in [5.41, 5.74) is 1.18. The van der Waals surface area contributed by atoms with Gasteiger partial charge in [0, 0.05) is 27.9 Å². The lowest BCUT2D eigenvalue weighted by Crippen LogP contribution is -2.52. The summed E-state index contributed by atoms with van der Waals surface area (Å²) >= 11 is 0. The summed E-state index contributed by atoms with van der Waals surface area (Å²) in [7, 11) is -7.38. The van der Waals surface area contributed by atoms with Crippen molar-refractivity contribution >= 4 is 33.0 Å². The molecule has 0 fully saturated rings. The first kappa shape index (κ1) is 53.6. The van der Waals surface area contributed by atoms with Gasteiger partial charge >= 0.3 is 0 Å². The third kappa shape index (κ3) is 20.7. The Hall–Kier alpha value is -0.452. The molecule has 0 heterocycles. The van der Waals surface area contributed by atoms with Crippen LogP contribution in [-0.2, 0) is 34.1 Å². The van der Waals surface area contributed by atoms with Crippen molar-refractivity contribution in [1.29, 1.82) is 0 Å². The molecule has 0 radical (unpaired) electrons. The highest BCUT2D eigenvalue weighted by Crippen LogP contribution is 2.42. The lowest BCUT2D eigenvalue weighted by atomic mass is 9.99. The van der Waals surface area contributed by atoms with Crippen molar-refractivity contribution < 1.29 is 32.6 Å². The largest absolute Gasteiger partial charge is 0.417 e. The van der Waals surface area contributed by atoms with Crippen LogP contribution in [0.15, 0.2) is 42.5 Å². The smallest absolute Gasteiger partial charge is 0.192 e. The molecule has 0 bridgehead atoms. The molecule has 0 aromatic heterocycles. The van der Waals surface area contributed by atoms with Gasteiger partial charge in [-0.2, -0.15) is 0 Å². The van der Waals surface area contributed by atoms with Gasteiger partial charge in [0.05, 0.1) is 24.9 Å². The van der Waals surface area contributed by atoms with Crippen LogP contribution in [0.1, 0.15) is 106 Å². The predicted molar refractivity (Wildman–Crippen MR) is 250 cm³/mol. The molecule has 0 aliphatic heterocycles. The molecule has 0 unspecified atom stereocenters. The first-order valence-electron chi connectivity index (χ1n) is 21.6. The number of benzene rings is 1. The zero-order chi connectivity index (χ0) is 43.1. The summed E-state index contributed by atoms with van der Waals surface area (Å²) < 4.78 is 39.4. The van der Waals surface area contributed by atoms with E-state index in [-0.39, 0.29) is 34.1 Å². The maximum atomic E-state index is 11.9. The van der Waals surface area contributed by atoms with Crippen LogP contribution in [0, 0.1) is 0 Å². The van der Waals surface area contributed by atoms with Gasteiger partial charge < -0.3 is 32.6 Å². The number of unbranched alkanes of at least 4 members (excludes halogenated alkanes) is 1. The van der Waals surface area contributed by atoms with E-state index < -0.39 is 45.2 Å². The van der Waals surface area contributed by atoms with Crippen molar-refractivity contribution in [3.63, 3.8) is 0 Å². The van der Waals surface area contributed by atoms with Crippen LogP contribution >= 0.6 is 0 Å². The second kappa shape index (κ2) is 23.5. The van der Waals surface area contributed by atoms with Crippen LogP contribution in [-0.4, -0.2) is 89.2 Å². The number of allylic oxidation sites excluding steroid dienone is 1. The van der Waals surface area contributed by atoms with Crippen molar-refractivity contribution in [2.24, 2.45) is 0 Å². The van der Waals surface area contributed by atoms with Crippen molar-refractivity contribution in [2.75, 3.05) is 26.6 Å². The van der Waals surface area contributed by atoms with Crippen molar-refractivity contribution in [3.8, 4) is 0 Å². The fourth-order valence-electron chi connectivity index (χ4n) is 5.24. The number of aliphatic hydroxyl groups is 1. The molecule has 0 saturated carbocycles. The van der Waals surface area contributed by atoms with Crippen LogP contribution in [0.4, 0.5) is 0 Å². The fraction of sp³-hybridized carbons (Fsp3) is 0.822. The Labute approximate surface area is 350 Å². The summed E-state index contributed by atoms with van der Waals surface area (Å²) in [4.78, 5) is 0. The molecular weight excluding hydrogens is 765 g/mol. The molecular formula is C45H90O7Si4. The number of ether oxygens (including phenoxy) is 3. The predicted octanol–water partition coefficient (Wildman–Crippen LogP) is 13.0. The van der Waals surface area contributed by atoms with Gasteiger partial charge in [0.1, 0.15) is 12.9 Å². The highest BCUT2D eigenvalue weighted by Gasteiger charge is 2.45. The molecule has 11 heteroatoms. The van der Waals surface area contributed by atoms with E-state index in [1.807, 2.05) is 12.1 Å². The summed E-state index contributed by atoms with van der Waals surface area (Å²) in [6.07, 6.45) is 7.40. The number of rotatable bonds is 27. The van der Waals surface area contributed by atoms with Crippen LogP contribution in [0.25, 0.3) is 0 Å². The van der Waals surface area contributed by atoms with Gasteiger partial charge in [-0.1, -0.05) is 124 Å². The second-order valence-corrected chi connectivity index (χ2v) is 41.7. The molecule has 1 aromatic carbocycles. The van der Waals surface area contributed by atoms with Crippen molar-refractivity contribution in [2.45, 2.75) is 212 Å². The zero-order valence-corrected chi connectivity index (χ0v) is 43.7. The van der Waals surface area contributed by atoms with E-state index in [9.17, 15) is 5.11 Å². The summed E-state index contributed by atoms with van der Waals surface area (Å²) in [5.74, 6) is 0. The molecule has 0 aliphatic carbocycles. The van der Waals surface area contributed by atoms with E-state index in [1.165, 1.54) is 5.56 Å². The summed E-state index contributed by atoms with van der Waals surface area (Å²) in [5, 5.41) is 12.1. The molecule has 328 valence electrons. The van der Waals surface area contributed by atoms with Crippen LogP contribution in [0.2, 0.25) is 80.1 Å². The van der Waals surface area contributed by atoms with E-state index in [1.54, 1.807) is 0 Å². The molecule has 0 amide bonds. The van der Waals surface area contributed by atoms with E-state index in [0.717, 1.165) is 38.3 Å². The highest BCUT2D eigenvalue weighted by molar-refractivity contribution is 6.76. The number of aliphatic hydroxyl groups excluding tert-OH is 1. The fourth-order valence-corrected chi connectivity index (χ4v) is 9.84. The molecule has 4 atom stereocenters. The first-order valence-corrected chi connectivity index (χ1v) is 34.1. The average molecular weight is 856 g/mol. The molecule has 56 heavy (non-hydrogen) atoms. The molecule has 1 aromatic rings. The van der Waals surface area contributed by atoms with Gasteiger partial charge in [-0.05, 0) is 105 Å². The lowest BCUT2D eigenvalue weighted by Gasteiger charge is -2.45. The Morgan fingerprint density at radius 1 is 0.625 bits per heavy atom. The Morgan fingerprint density at radius 3 is 1.68 bits per heavy atom. The highest BCUT2D eigenvalue weighted by atomic mass is 28.4. The van der Waals surface area contributed by atoms with Crippen LogP contribution in [0.5, 0.6) is 0 Å². The Balaban J connectivity index is 3.26. The van der Waals surface area contributed by atoms with E-state index >= 15 is 0 Å². The van der Waals surface area contributed by atoms with E-state index in [0.29, 0.717) is 32.7 Å². The number of hydrogen-bond donors (Lipinski definition) is 1. The van der Waals surface area contributed by atoms with Gasteiger partial charge in [0.25, 0.3) is 0 Å². The van der Waals surface area contributed by atoms with Gasteiger partial charge in [-0.25, -0.2) is 0 Å². The zero-order valence-electron chi connectivity index (χ0n) is 39.7. The lowest BCUT2D eigenvalue weighted by molar-refractivity contribution is -0.108. The molecule has 1 rings (SSSR count). The minimum absolute atomic E-state index is 0.0279. The van der Waals surface area contributed by atoms with Crippen LogP contribution < -0.4 is 0 Å². The molecule has 0 saturated heterocycles. The van der Waals surface area contributed by atoms with Crippen molar-refractivity contribution in [3.05, 3.63) is 48.0 Å². The quantitative estimate of drug-likeness (QED) is 0.0409. The van der Waals surface area contributed by atoms with Crippen molar-refractivity contribution in [1.82, 2.24) is 0 Å². The third-order valence-electron chi connectivity index (χ3n) is 12.4. The monoisotopic (exact) mass is 855 g/mol. The molecule has 0 spiro atoms. The molecule has 0 aliphatic rings. The Morgan fingerprint density at radius 2 is 1.16 bits per heavy atom.